The molecule has 98 valence electrons. The Morgan fingerprint density at radius 2 is 1.82 bits per heavy atom. The van der Waals surface area contributed by atoms with Gasteiger partial charge in [-0.15, -0.1) is 0 Å². The van der Waals surface area contributed by atoms with Gasteiger partial charge in [0.05, 0.1) is 0 Å². The van der Waals surface area contributed by atoms with Crippen LogP contribution in [-0.4, -0.2) is 18.5 Å². The summed E-state index contributed by atoms with van der Waals surface area (Å²) in [5, 5.41) is 3.58. The predicted octanol–water partition coefficient (Wildman–Crippen LogP) is 2.34. The monoisotopic (exact) mass is 238 g/mol. The molecular formula is C14H26N2O. The molecule has 3 nitrogen and oxygen atoms in total. The Balaban J connectivity index is 1.60. The van der Waals surface area contributed by atoms with E-state index in [1.807, 2.05) is 0 Å². The third-order valence-corrected chi connectivity index (χ3v) is 4.74. The summed E-state index contributed by atoms with van der Waals surface area (Å²) < 4.78 is 0. The van der Waals surface area contributed by atoms with E-state index in [0.717, 1.165) is 18.4 Å². The van der Waals surface area contributed by atoms with Crippen molar-refractivity contribution < 1.29 is 4.79 Å². The zero-order valence-corrected chi connectivity index (χ0v) is 10.8. The molecule has 0 saturated heterocycles. The van der Waals surface area contributed by atoms with Gasteiger partial charge in [0.2, 0.25) is 5.91 Å². The zero-order chi connectivity index (χ0) is 12.1. The van der Waals surface area contributed by atoms with Crippen LogP contribution in [-0.2, 0) is 4.79 Å². The van der Waals surface area contributed by atoms with Crippen LogP contribution in [0.1, 0.15) is 64.2 Å². The second-order valence-electron chi connectivity index (χ2n) is 6.01. The lowest BCUT2D eigenvalue weighted by atomic mass is 9.71. The molecule has 2 aliphatic carbocycles. The van der Waals surface area contributed by atoms with Crippen molar-refractivity contribution in [1.29, 1.82) is 0 Å². The standard InChI is InChI=1S/C14H26N2O/c15-13(17)4-3-11-16-12-5-9-14(10-6-12)7-1-2-8-14/h12,16H,1-11H2,(H2,15,17). The van der Waals surface area contributed by atoms with Gasteiger partial charge < -0.3 is 11.1 Å². The van der Waals surface area contributed by atoms with Crippen LogP contribution in [0.15, 0.2) is 0 Å². The van der Waals surface area contributed by atoms with Crippen molar-refractivity contribution in [3.8, 4) is 0 Å². The van der Waals surface area contributed by atoms with Crippen LogP contribution in [0.25, 0.3) is 0 Å². The topological polar surface area (TPSA) is 55.1 Å². The Morgan fingerprint density at radius 3 is 2.41 bits per heavy atom. The Morgan fingerprint density at radius 1 is 1.18 bits per heavy atom. The first-order valence-corrected chi connectivity index (χ1v) is 7.22. The van der Waals surface area contributed by atoms with Crippen LogP contribution in [0.4, 0.5) is 0 Å². The third kappa shape index (κ3) is 3.70. The van der Waals surface area contributed by atoms with Crippen molar-refractivity contribution in [1.82, 2.24) is 5.32 Å². The van der Waals surface area contributed by atoms with Gasteiger partial charge in [-0.3, -0.25) is 4.79 Å². The van der Waals surface area contributed by atoms with Gasteiger partial charge >= 0.3 is 0 Å². The molecule has 2 saturated carbocycles. The van der Waals surface area contributed by atoms with E-state index in [1.54, 1.807) is 0 Å². The van der Waals surface area contributed by atoms with Crippen molar-refractivity contribution in [2.45, 2.75) is 70.3 Å². The molecule has 0 unspecified atom stereocenters. The molecule has 0 aromatic carbocycles. The molecule has 0 heterocycles. The molecule has 1 amide bonds. The fourth-order valence-corrected chi connectivity index (χ4v) is 3.63. The number of carbonyl (C=O) groups excluding carboxylic acids is 1. The highest BCUT2D eigenvalue weighted by atomic mass is 16.1. The second kappa shape index (κ2) is 5.85. The van der Waals surface area contributed by atoms with Gasteiger partial charge in [-0.05, 0) is 56.9 Å². The number of primary amides is 1. The summed E-state index contributed by atoms with van der Waals surface area (Å²) >= 11 is 0. The maximum Gasteiger partial charge on any atom is 0.217 e. The molecule has 3 N–H and O–H groups in total. The van der Waals surface area contributed by atoms with E-state index in [-0.39, 0.29) is 5.91 Å². The first-order chi connectivity index (χ1) is 8.20. The van der Waals surface area contributed by atoms with Crippen LogP contribution < -0.4 is 11.1 Å². The smallest absolute Gasteiger partial charge is 0.217 e. The lowest BCUT2D eigenvalue weighted by molar-refractivity contribution is -0.118. The average molecular weight is 238 g/mol. The van der Waals surface area contributed by atoms with Gasteiger partial charge in [0.1, 0.15) is 0 Å². The van der Waals surface area contributed by atoms with Gasteiger partial charge in [0, 0.05) is 12.5 Å². The number of hydrogen-bond donors (Lipinski definition) is 2. The number of nitrogens with two attached hydrogens (primary N) is 1. The fraction of sp³-hybridized carbons (Fsp3) is 0.929. The van der Waals surface area contributed by atoms with Crippen molar-refractivity contribution in [3.63, 3.8) is 0 Å². The number of nitrogens with one attached hydrogen (secondary N) is 1. The first kappa shape index (κ1) is 12.9. The summed E-state index contributed by atoms with van der Waals surface area (Å²) in [5.74, 6) is -0.180. The number of hydrogen-bond acceptors (Lipinski definition) is 2. The highest BCUT2D eigenvalue weighted by Crippen LogP contribution is 2.48. The maximum absolute atomic E-state index is 10.6. The minimum absolute atomic E-state index is 0.180. The minimum Gasteiger partial charge on any atom is -0.370 e. The molecule has 2 fully saturated rings. The lowest BCUT2D eigenvalue weighted by Gasteiger charge is -2.37. The number of rotatable bonds is 5. The summed E-state index contributed by atoms with van der Waals surface area (Å²) in [6.45, 7) is 0.945. The molecule has 0 bridgehead atoms. The fourth-order valence-electron chi connectivity index (χ4n) is 3.63. The van der Waals surface area contributed by atoms with Crippen LogP contribution in [0.5, 0.6) is 0 Å². The summed E-state index contributed by atoms with van der Waals surface area (Å²) in [6, 6.07) is 0.689. The summed E-state index contributed by atoms with van der Waals surface area (Å²) in [4.78, 5) is 10.6. The molecule has 2 rings (SSSR count). The number of amides is 1. The molecule has 2 aliphatic rings. The van der Waals surface area contributed by atoms with Crippen molar-refractivity contribution in [2.24, 2.45) is 11.1 Å². The molecule has 0 radical (unpaired) electrons. The molecule has 0 aliphatic heterocycles. The lowest BCUT2D eigenvalue weighted by Crippen LogP contribution is -2.37. The summed E-state index contributed by atoms with van der Waals surface area (Å²) in [7, 11) is 0. The quantitative estimate of drug-likeness (QED) is 0.722. The largest absolute Gasteiger partial charge is 0.370 e. The highest BCUT2D eigenvalue weighted by Gasteiger charge is 2.37. The Hall–Kier alpha value is -0.570. The minimum atomic E-state index is -0.180. The Kier molecular flexibility index (Phi) is 4.43. The van der Waals surface area contributed by atoms with Crippen molar-refractivity contribution in [2.75, 3.05) is 6.54 Å². The SMILES string of the molecule is NC(=O)CCCNC1CCC2(CCCC2)CC1. The highest BCUT2D eigenvalue weighted by molar-refractivity contribution is 5.73. The first-order valence-electron chi connectivity index (χ1n) is 7.22. The van der Waals surface area contributed by atoms with Crippen LogP contribution >= 0.6 is 0 Å². The van der Waals surface area contributed by atoms with E-state index >= 15 is 0 Å². The van der Waals surface area contributed by atoms with Crippen LogP contribution in [0.3, 0.4) is 0 Å². The summed E-state index contributed by atoms with van der Waals surface area (Å²) in [6.07, 6.45) is 12.8. The van der Waals surface area contributed by atoms with E-state index in [1.165, 1.54) is 51.4 Å². The molecule has 0 aromatic heterocycles. The van der Waals surface area contributed by atoms with Gasteiger partial charge in [0.25, 0.3) is 0 Å². The van der Waals surface area contributed by atoms with Gasteiger partial charge in [0.15, 0.2) is 0 Å². The van der Waals surface area contributed by atoms with E-state index in [4.69, 9.17) is 5.73 Å². The predicted molar refractivity (Wildman–Crippen MR) is 69.6 cm³/mol. The molecule has 0 aromatic rings. The second-order valence-corrected chi connectivity index (χ2v) is 6.01. The average Bonchev–Trinajstić information content (AvgIpc) is 2.75. The molecule has 0 atom stereocenters. The van der Waals surface area contributed by atoms with Crippen LogP contribution in [0, 0.1) is 5.41 Å². The molecule has 1 spiro atoms. The zero-order valence-electron chi connectivity index (χ0n) is 10.8. The Bertz CT molecular complexity index is 249. The van der Waals surface area contributed by atoms with Gasteiger partial charge in [-0.1, -0.05) is 12.8 Å². The van der Waals surface area contributed by atoms with E-state index in [0.29, 0.717) is 12.5 Å². The molecular weight excluding hydrogens is 212 g/mol. The van der Waals surface area contributed by atoms with E-state index in [2.05, 4.69) is 5.32 Å². The maximum atomic E-state index is 10.6. The van der Waals surface area contributed by atoms with Crippen molar-refractivity contribution >= 4 is 5.91 Å². The molecule has 17 heavy (non-hydrogen) atoms. The third-order valence-electron chi connectivity index (χ3n) is 4.74. The van der Waals surface area contributed by atoms with E-state index in [9.17, 15) is 4.79 Å². The van der Waals surface area contributed by atoms with Crippen LogP contribution in [0.2, 0.25) is 0 Å². The number of carbonyl (C=O) groups is 1. The van der Waals surface area contributed by atoms with Gasteiger partial charge in [-0.2, -0.15) is 0 Å². The normalized spacial score (nSPS) is 24.2. The van der Waals surface area contributed by atoms with Crippen molar-refractivity contribution in [3.05, 3.63) is 0 Å². The van der Waals surface area contributed by atoms with E-state index < -0.39 is 0 Å². The molecule has 3 heteroatoms. The Labute approximate surface area is 105 Å². The van der Waals surface area contributed by atoms with Gasteiger partial charge in [-0.25, -0.2) is 0 Å². The summed E-state index contributed by atoms with van der Waals surface area (Å²) in [5.41, 5.74) is 5.85.